The number of nitrogens with two attached hydrogens (primary N) is 1. The van der Waals surface area contributed by atoms with Crippen LogP contribution in [-0.2, 0) is 0 Å². The molecule has 0 unspecified atom stereocenters. The highest BCUT2D eigenvalue weighted by molar-refractivity contribution is 5.85. The Morgan fingerprint density at radius 1 is 1.25 bits per heavy atom. The van der Waals surface area contributed by atoms with Gasteiger partial charge < -0.3 is 19.9 Å². The van der Waals surface area contributed by atoms with Gasteiger partial charge >= 0.3 is 0 Å². The SMILES string of the molecule is COc1cc2c(cc1OC)[C@@H](N)CCO2.Cl. The van der Waals surface area contributed by atoms with Crippen molar-refractivity contribution in [1.29, 1.82) is 0 Å². The molecule has 0 saturated carbocycles. The molecule has 1 aromatic carbocycles. The first-order valence-corrected chi connectivity index (χ1v) is 4.90. The minimum Gasteiger partial charge on any atom is -0.493 e. The van der Waals surface area contributed by atoms with Gasteiger partial charge in [-0.1, -0.05) is 0 Å². The molecule has 16 heavy (non-hydrogen) atoms. The quantitative estimate of drug-likeness (QED) is 0.865. The summed E-state index contributed by atoms with van der Waals surface area (Å²) in [5.74, 6) is 2.16. The Balaban J connectivity index is 0.00000128. The molecule has 0 spiro atoms. The molecule has 0 aliphatic carbocycles. The zero-order valence-electron chi connectivity index (χ0n) is 9.36. The number of hydrogen-bond acceptors (Lipinski definition) is 4. The summed E-state index contributed by atoms with van der Waals surface area (Å²) in [7, 11) is 3.21. The van der Waals surface area contributed by atoms with E-state index in [0.29, 0.717) is 18.1 Å². The monoisotopic (exact) mass is 245 g/mol. The molecule has 0 saturated heterocycles. The number of benzene rings is 1. The average molecular weight is 246 g/mol. The van der Waals surface area contributed by atoms with E-state index in [4.69, 9.17) is 19.9 Å². The molecular weight excluding hydrogens is 230 g/mol. The van der Waals surface area contributed by atoms with Gasteiger partial charge in [0, 0.05) is 24.1 Å². The molecule has 1 heterocycles. The van der Waals surface area contributed by atoms with E-state index in [1.54, 1.807) is 14.2 Å². The van der Waals surface area contributed by atoms with Gasteiger partial charge in [0.2, 0.25) is 0 Å². The van der Waals surface area contributed by atoms with Crippen LogP contribution in [0, 0.1) is 0 Å². The summed E-state index contributed by atoms with van der Waals surface area (Å²) in [4.78, 5) is 0. The molecule has 4 nitrogen and oxygen atoms in total. The maximum atomic E-state index is 5.99. The molecule has 0 fully saturated rings. The first-order valence-electron chi connectivity index (χ1n) is 4.90. The van der Waals surface area contributed by atoms with Crippen LogP contribution in [0.25, 0.3) is 0 Å². The van der Waals surface area contributed by atoms with Crippen molar-refractivity contribution >= 4 is 12.4 Å². The van der Waals surface area contributed by atoms with Gasteiger partial charge in [-0.25, -0.2) is 0 Å². The number of methoxy groups -OCH3 is 2. The predicted molar refractivity (Wildman–Crippen MR) is 63.8 cm³/mol. The Hall–Kier alpha value is -1.13. The molecule has 0 radical (unpaired) electrons. The summed E-state index contributed by atoms with van der Waals surface area (Å²) < 4.78 is 15.9. The smallest absolute Gasteiger partial charge is 0.164 e. The summed E-state index contributed by atoms with van der Waals surface area (Å²) in [6.45, 7) is 0.656. The second kappa shape index (κ2) is 5.27. The summed E-state index contributed by atoms with van der Waals surface area (Å²) in [6.07, 6.45) is 0.836. The van der Waals surface area contributed by atoms with Crippen molar-refractivity contribution in [2.75, 3.05) is 20.8 Å². The number of fused-ring (bicyclic) bond motifs is 1. The lowest BCUT2D eigenvalue weighted by Gasteiger charge is -2.24. The second-order valence-corrected chi connectivity index (χ2v) is 3.49. The zero-order valence-corrected chi connectivity index (χ0v) is 10.2. The largest absolute Gasteiger partial charge is 0.493 e. The van der Waals surface area contributed by atoms with E-state index in [1.165, 1.54) is 0 Å². The van der Waals surface area contributed by atoms with Crippen molar-refractivity contribution in [3.63, 3.8) is 0 Å². The highest BCUT2D eigenvalue weighted by atomic mass is 35.5. The van der Waals surface area contributed by atoms with Crippen LogP contribution in [0.4, 0.5) is 0 Å². The highest BCUT2D eigenvalue weighted by Gasteiger charge is 2.21. The van der Waals surface area contributed by atoms with Crippen LogP contribution in [0.2, 0.25) is 0 Å². The van der Waals surface area contributed by atoms with Gasteiger partial charge in [0.25, 0.3) is 0 Å². The van der Waals surface area contributed by atoms with Crippen LogP contribution in [0.15, 0.2) is 12.1 Å². The Labute approximate surface area is 101 Å². The van der Waals surface area contributed by atoms with E-state index in [1.807, 2.05) is 12.1 Å². The van der Waals surface area contributed by atoms with E-state index in [2.05, 4.69) is 0 Å². The zero-order chi connectivity index (χ0) is 10.8. The Kier molecular flexibility index (Phi) is 4.26. The molecular formula is C11H16ClNO3. The normalized spacial score (nSPS) is 17.8. The molecule has 0 aromatic heterocycles. The standard InChI is InChI=1S/C11H15NO3.ClH/c1-13-10-5-7-8(12)3-4-15-9(7)6-11(10)14-2;/h5-6,8H,3-4,12H2,1-2H3;1H/t8-;/m0./s1. The average Bonchev–Trinajstić information content (AvgIpc) is 2.28. The van der Waals surface area contributed by atoms with E-state index < -0.39 is 0 Å². The van der Waals surface area contributed by atoms with E-state index in [-0.39, 0.29) is 18.4 Å². The van der Waals surface area contributed by atoms with E-state index in [0.717, 1.165) is 17.7 Å². The van der Waals surface area contributed by atoms with Gasteiger partial charge in [-0.05, 0) is 6.07 Å². The van der Waals surface area contributed by atoms with Crippen LogP contribution in [0.5, 0.6) is 17.2 Å². The minimum atomic E-state index is 0. The van der Waals surface area contributed by atoms with Crippen molar-refractivity contribution in [3.8, 4) is 17.2 Å². The molecule has 1 aliphatic heterocycles. The van der Waals surface area contributed by atoms with Gasteiger partial charge in [-0.2, -0.15) is 0 Å². The van der Waals surface area contributed by atoms with Crippen molar-refractivity contribution in [2.45, 2.75) is 12.5 Å². The second-order valence-electron chi connectivity index (χ2n) is 3.49. The summed E-state index contributed by atoms with van der Waals surface area (Å²) in [5.41, 5.74) is 6.97. The van der Waals surface area contributed by atoms with Gasteiger partial charge in [-0.3, -0.25) is 0 Å². The van der Waals surface area contributed by atoms with Crippen molar-refractivity contribution < 1.29 is 14.2 Å². The molecule has 0 amide bonds. The number of rotatable bonds is 2. The van der Waals surface area contributed by atoms with Gasteiger partial charge in [0.05, 0.1) is 20.8 Å². The maximum absolute atomic E-state index is 5.99. The van der Waals surface area contributed by atoms with Crippen molar-refractivity contribution in [1.82, 2.24) is 0 Å². The lowest BCUT2D eigenvalue weighted by molar-refractivity contribution is 0.264. The fourth-order valence-corrected chi connectivity index (χ4v) is 1.74. The van der Waals surface area contributed by atoms with Gasteiger partial charge in [0.15, 0.2) is 11.5 Å². The van der Waals surface area contributed by atoms with Gasteiger partial charge in [0.1, 0.15) is 5.75 Å². The van der Waals surface area contributed by atoms with Crippen LogP contribution in [0.1, 0.15) is 18.0 Å². The highest BCUT2D eigenvalue weighted by Crippen LogP contribution is 2.39. The van der Waals surface area contributed by atoms with Crippen LogP contribution in [0.3, 0.4) is 0 Å². The van der Waals surface area contributed by atoms with E-state index >= 15 is 0 Å². The first-order chi connectivity index (χ1) is 7.26. The third-order valence-corrected chi connectivity index (χ3v) is 2.60. The third kappa shape index (κ3) is 2.18. The first kappa shape index (κ1) is 12.9. The lowest BCUT2D eigenvalue weighted by Crippen LogP contribution is -2.20. The van der Waals surface area contributed by atoms with Crippen LogP contribution in [-0.4, -0.2) is 20.8 Å². The topological polar surface area (TPSA) is 53.7 Å². The minimum absolute atomic E-state index is 0. The van der Waals surface area contributed by atoms with Gasteiger partial charge in [-0.15, -0.1) is 12.4 Å². The Morgan fingerprint density at radius 3 is 2.50 bits per heavy atom. The Bertz CT molecular complexity index is 370. The summed E-state index contributed by atoms with van der Waals surface area (Å²) in [5, 5.41) is 0. The predicted octanol–water partition coefficient (Wildman–Crippen LogP) is 1.91. The Morgan fingerprint density at radius 2 is 1.88 bits per heavy atom. The third-order valence-electron chi connectivity index (χ3n) is 2.60. The van der Waals surface area contributed by atoms with E-state index in [9.17, 15) is 0 Å². The molecule has 1 aliphatic rings. The number of hydrogen-bond donors (Lipinski definition) is 1. The molecule has 1 aromatic rings. The van der Waals surface area contributed by atoms with Crippen LogP contribution < -0.4 is 19.9 Å². The maximum Gasteiger partial charge on any atom is 0.164 e. The summed E-state index contributed by atoms with van der Waals surface area (Å²) >= 11 is 0. The lowest BCUT2D eigenvalue weighted by atomic mass is 10.0. The summed E-state index contributed by atoms with van der Waals surface area (Å²) in [6, 6.07) is 3.74. The number of ether oxygens (including phenoxy) is 3. The molecule has 5 heteroatoms. The van der Waals surface area contributed by atoms with Crippen molar-refractivity contribution in [3.05, 3.63) is 17.7 Å². The van der Waals surface area contributed by atoms with Crippen molar-refractivity contribution in [2.24, 2.45) is 5.73 Å². The molecule has 90 valence electrons. The fourth-order valence-electron chi connectivity index (χ4n) is 1.74. The van der Waals surface area contributed by atoms with Crippen LogP contribution >= 0.6 is 12.4 Å². The molecule has 0 bridgehead atoms. The number of halogens is 1. The fraction of sp³-hybridized carbons (Fsp3) is 0.455. The molecule has 2 N–H and O–H groups in total. The molecule has 2 rings (SSSR count). The molecule has 1 atom stereocenters.